The van der Waals surface area contributed by atoms with Crippen LogP contribution in [0.2, 0.25) is 0 Å². The predicted octanol–water partition coefficient (Wildman–Crippen LogP) is 2.85. The normalized spacial score (nSPS) is 10.9. The summed E-state index contributed by atoms with van der Waals surface area (Å²) < 4.78 is 1.75. The van der Waals surface area contributed by atoms with Crippen molar-refractivity contribution in [2.75, 3.05) is 0 Å². The molecule has 0 saturated carbocycles. The first-order valence-electron chi connectivity index (χ1n) is 7.86. The van der Waals surface area contributed by atoms with Gasteiger partial charge in [0.2, 0.25) is 0 Å². The number of Topliss-reactive ketones (excluding diaryl/α,β-unsaturated/α-hetero) is 1. The minimum Gasteiger partial charge on any atom is -0.294 e. The third kappa shape index (κ3) is 3.14. The number of nitrogens with zero attached hydrogens (tertiary/aromatic N) is 5. The maximum Gasteiger partial charge on any atom is 0.168 e. The van der Waals surface area contributed by atoms with Gasteiger partial charge in [-0.3, -0.25) is 24.4 Å². The van der Waals surface area contributed by atoms with Gasteiger partial charge in [0.15, 0.2) is 5.78 Å². The van der Waals surface area contributed by atoms with E-state index in [1.165, 1.54) is 0 Å². The molecular formula is C19H15N5O. The van der Waals surface area contributed by atoms with Gasteiger partial charge in [-0.15, -0.1) is 0 Å². The smallest absolute Gasteiger partial charge is 0.168 e. The molecule has 4 rings (SSSR count). The fourth-order valence-corrected chi connectivity index (χ4v) is 2.71. The van der Waals surface area contributed by atoms with E-state index in [1.807, 2.05) is 31.6 Å². The number of aromatic nitrogens is 5. The van der Waals surface area contributed by atoms with Gasteiger partial charge < -0.3 is 0 Å². The molecule has 0 spiro atoms. The number of carbonyl (C=O) groups is 1. The zero-order chi connectivity index (χ0) is 17.2. The van der Waals surface area contributed by atoms with Gasteiger partial charge in [0, 0.05) is 59.6 Å². The number of aryl methyl sites for hydroxylation is 1. The quantitative estimate of drug-likeness (QED) is 0.538. The van der Waals surface area contributed by atoms with Crippen molar-refractivity contribution in [1.29, 1.82) is 0 Å². The number of carbonyl (C=O) groups excluding carboxylic acids is 1. The topological polar surface area (TPSA) is 73.6 Å². The Hall–Kier alpha value is -3.41. The van der Waals surface area contributed by atoms with Crippen molar-refractivity contribution in [3.8, 4) is 11.1 Å². The molecule has 0 atom stereocenters. The van der Waals surface area contributed by atoms with E-state index in [0.29, 0.717) is 5.56 Å². The van der Waals surface area contributed by atoms with Gasteiger partial charge in [-0.1, -0.05) is 0 Å². The number of fused-ring (bicyclic) bond motifs is 1. The lowest BCUT2D eigenvalue weighted by atomic mass is 10.1. The summed E-state index contributed by atoms with van der Waals surface area (Å²) in [7, 11) is 1.88. The molecule has 25 heavy (non-hydrogen) atoms. The molecule has 6 nitrogen and oxygen atoms in total. The van der Waals surface area contributed by atoms with Crippen LogP contribution in [0.15, 0.2) is 61.4 Å². The lowest BCUT2D eigenvalue weighted by Crippen LogP contribution is -2.05. The average molecular weight is 329 g/mol. The van der Waals surface area contributed by atoms with Gasteiger partial charge in [0.25, 0.3) is 0 Å². The van der Waals surface area contributed by atoms with Crippen molar-refractivity contribution >= 4 is 16.7 Å². The first-order valence-corrected chi connectivity index (χ1v) is 7.86. The van der Waals surface area contributed by atoms with Gasteiger partial charge in [0.1, 0.15) is 0 Å². The largest absolute Gasteiger partial charge is 0.294 e. The molecule has 0 N–H and O–H groups in total. The number of hydrogen-bond donors (Lipinski definition) is 0. The summed E-state index contributed by atoms with van der Waals surface area (Å²) in [5.41, 5.74) is 4.15. The Kier molecular flexibility index (Phi) is 3.78. The summed E-state index contributed by atoms with van der Waals surface area (Å²) in [5, 5.41) is 5.14. The highest BCUT2D eigenvalue weighted by molar-refractivity contribution is 5.97. The molecule has 0 radical (unpaired) electrons. The third-order valence-corrected chi connectivity index (χ3v) is 4.01. The maximum absolute atomic E-state index is 12.3. The highest BCUT2D eigenvalue weighted by Gasteiger charge is 2.09. The fraction of sp³-hybridized carbons (Fsp3) is 0.105. The van der Waals surface area contributed by atoms with Crippen LogP contribution in [0.1, 0.15) is 16.1 Å². The van der Waals surface area contributed by atoms with Crippen LogP contribution in [0, 0.1) is 0 Å². The first-order chi connectivity index (χ1) is 12.2. The molecule has 0 aliphatic rings. The molecule has 4 aromatic rings. The van der Waals surface area contributed by atoms with Crippen molar-refractivity contribution in [1.82, 2.24) is 24.7 Å². The van der Waals surface area contributed by atoms with Gasteiger partial charge in [-0.25, -0.2) is 0 Å². The number of pyridine rings is 3. The summed E-state index contributed by atoms with van der Waals surface area (Å²) in [6.07, 6.45) is 10.7. The Morgan fingerprint density at radius 2 is 1.88 bits per heavy atom. The Bertz CT molecular complexity index is 1060. The highest BCUT2D eigenvalue weighted by atomic mass is 16.1. The summed E-state index contributed by atoms with van der Waals surface area (Å²) in [4.78, 5) is 25.1. The number of hydrogen-bond acceptors (Lipinski definition) is 5. The molecule has 6 heteroatoms. The van der Waals surface area contributed by atoms with Crippen LogP contribution < -0.4 is 0 Å². The van der Waals surface area contributed by atoms with Crippen LogP contribution in [-0.4, -0.2) is 30.5 Å². The zero-order valence-electron chi connectivity index (χ0n) is 13.6. The fourth-order valence-electron chi connectivity index (χ4n) is 2.71. The van der Waals surface area contributed by atoms with Gasteiger partial charge in [-0.05, 0) is 24.3 Å². The van der Waals surface area contributed by atoms with E-state index in [0.717, 1.165) is 27.7 Å². The van der Waals surface area contributed by atoms with E-state index in [-0.39, 0.29) is 12.2 Å². The standard InChI is InChI=1S/C19H15N5O/c1-24-12-16(10-23-24)15-6-14-7-17(21-11-18(14)22-9-15)8-19(25)13-2-4-20-5-3-13/h2-7,9-12H,8H2,1H3. The van der Waals surface area contributed by atoms with Crippen molar-refractivity contribution in [2.45, 2.75) is 6.42 Å². The molecule has 0 unspecified atom stereocenters. The molecule has 4 aromatic heterocycles. The second-order valence-electron chi connectivity index (χ2n) is 5.83. The Morgan fingerprint density at radius 1 is 1.04 bits per heavy atom. The maximum atomic E-state index is 12.3. The average Bonchev–Trinajstić information content (AvgIpc) is 3.08. The number of rotatable bonds is 4. The summed E-state index contributed by atoms with van der Waals surface area (Å²) >= 11 is 0. The highest BCUT2D eigenvalue weighted by Crippen LogP contribution is 2.22. The molecular weight excluding hydrogens is 314 g/mol. The van der Waals surface area contributed by atoms with Crippen LogP contribution in [-0.2, 0) is 13.5 Å². The summed E-state index contributed by atoms with van der Waals surface area (Å²) in [6.45, 7) is 0. The molecule has 0 bridgehead atoms. The Balaban J connectivity index is 1.66. The van der Waals surface area contributed by atoms with E-state index in [9.17, 15) is 4.79 Å². The van der Waals surface area contributed by atoms with Gasteiger partial charge in [-0.2, -0.15) is 5.10 Å². The van der Waals surface area contributed by atoms with E-state index in [2.05, 4.69) is 20.1 Å². The second kappa shape index (κ2) is 6.24. The van der Waals surface area contributed by atoms with Gasteiger partial charge >= 0.3 is 0 Å². The minimum atomic E-state index is 0.0191. The molecule has 4 heterocycles. The molecule has 0 aliphatic heterocycles. The van der Waals surface area contributed by atoms with Crippen LogP contribution >= 0.6 is 0 Å². The van der Waals surface area contributed by atoms with E-state index >= 15 is 0 Å². The van der Waals surface area contributed by atoms with Crippen molar-refractivity contribution in [3.05, 3.63) is 72.7 Å². The molecule has 0 saturated heterocycles. The molecule has 122 valence electrons. The molecule has 0 aromatic carbocycles. The van der Waals surface area contributed by atoms with Crippen molar-refractivity contribution in [3.63, 3.8) is 0 Å². The van der Waals surface area contributed by atoms with Crippen LogP contribution in [0.4, 0.5) is 0 Å². The van der Waals surface area contributed by atoms with E-state index in [1.54, 1.807) is 41.6 Å². The lowest BCUT2D eigenvalue weighted by molar-refractivity contribution is 0.0992. The lowest BCUT2D eigenvalue weighted by Gasteiger charge is -2.04. The molecule has 0 amide bonds. The SMILES string of the molecule is Cn1cc(-c2cnc3cnc(CC(=O)c4ccncc4)cc3c2)cn1. The van der Waals surface area contributed by atoms with Gasteiger partial charge in [0.05, 0.1) is 24.3 Å². The summed E-state index contributed by atoms with van der Waals surface area (Å²) in [6, 6.07) is 7.39. The third-order valence-electron chi connectivity index (χ3n) is 4.01. The molecule has 0 aliphatic carbocycles. The Labute approximate surface area is 144 Å². The summed E-state index contributed by atoms with van der Waals surface area (Å²) in [5.74, 6) is 0.0191. The van der Waals surface area contributed by atoms with E-state index < -0.39 is 0 Å². The van der Waals surface area contributed by atoms with Crippen LogP contribution in [0.5, 0.6) is 0 Å². The minimum absolute atomic E-state index is 0.0191. The zero-order valence-corrected chi connectivity index (χ0v) is 13.6. The van der Waals surface area contributed by atoms with Crippen molar-refractivity contribution in [2.24, 2.45) is 7.05 Å². The predicted molar refractivity (Wildman–Crippen MR) is 94.0 cm³/mol. The molecule has 0 fully saturated rings. The second-order valence-corrected chi connectivity index (χ2v) is 5.83. The Morgan fingerprint density at radius 3 is 2.64 bits per heavy atom. The van der Waals surface area contributed by atoms with Crippen molar-refractivity contribution < 1.29 is 4.79 Å². The van der Waals surface area contributed by atoms with Crippen LogP contribution in [0.3, 0.4) is 0 Å². The first kappa shape index (κ1) is 15.1. The number of ketones is 1. The monoisotopic (exact) mass is 329 g/mol. The van der Waals surface area contributed by atoms with Crippen LogP contribution in [0.25, 0.3) is 22.0 Å². The van der Waals surface area contributed by atoms with E-state index in [4.69, 9.17) is 0 Å².